The molecule has 0 aliphatic carbocycles. The van der Waals surface area contributed by atoms with Crippen LogP contribution in [0, 0.1) is 0 Å². The molecule has 1 aliphatic heterocycles. The standard InChI is InChI=1S/C17H27N5/c1-4-6-15(21-10-9-19-13(3)12-21)17-20-14-7-8-18-11-16(14)22(17)5-2/h7-8,11,13,15,19H,4-6,9-10,12H2,1-3H3/t13-,15+/m0/s1. The summed E-state index contributed by atoms with van der Waals surface area (Å²) in [6.07, 6.45) is 6.11. The summed E-state index contributed by atoms with van der Waals surface area (Å²) in [5, 5.41) is 3.54. The summed E-state index contributed by atoms with van der Waals surface area (Å²) in [7, 11) is 0. The predicted molar refractivity (Wildman–Crippen MR) is 89.9 cm³/mol. The highest BCUT2D eigenvalue weighted by Crippen LogP contribution is 2.29. The minimum absolute atomic E-state index is 0.405. The Labute approximate surface area is 132 Å². The fourth-order valence-corrected chi connectivity index (χ4v) is 3.57. The second-order valence-corrected chi connectivity index (χ2v) is 6.23. The maximum Gasteiger partial charge on any atom is 0.127 e. The number of nitrogens with one attached hydrogen (secondary N) is 1. The van der Waals surface area contributed by atoms with Crippen molar-refractivity contribution >= 4 is 11.0 Å². The van der Waals surface area contributed by atoms with Crippen LogP contribution in [0.25, 0.3) is 11.0 Å². The van der Waals surface area contributed by atoms with Gasteiger partial charge >= 0.3 is 0 Å². The molecule has 1 fully saturated rings. The lowest BCUT2D eigenvalue weighted by Crippen LogP contribution is -2.50. The fourth-order valence-electron chi connectivity index (χ4n) is 3.57. The first-order valence-electron chi connectivity index (χ1n) is 8.52. The van der Waals surface area contributed by atoms with E-state index in [1.54, 1.807) is 0 Å². The third-order valence-electron chi connectivity index (χ3n) is 4.60. The molecule has 0 spiro atoms. The van der Waals surface area contributed by atoms with Gasteiger partial charge in [-0.3, -0.25) is 9.88 Å². The zero-order chi connectivity index (χ0) is 15.5. The molecule has 22 heavy (non-hydrogen) atoms. The van der Waals surface area contributed by atoms with Gasteiger partial charge in [-0.2, -0.15) is 0 Å². The van der Waals surface area contributed by atoms with Gasteiger partial charge in [-0.25, -0.2) is 4.98 Å². The maximum absolute atomic E-state index is 4.96. The Morgan fingerprint density at radius 3 is 3.00 bits per heavy atom. The third kappa shape index (κ3) is 2.88. The van der Waals surface area contributed by atoms with Gasteiger partial charge < -0.3 is 9.88 Å². The summed E-state index contributed by atoms with van der Waals surface area (Å²) in [5.41, 5.74) is 2.22. The first-order valence-corrected chi connectivity index (χ1v) is 8.52. The topological polar surface area (TPSA) is 46.0 Å². The van der Waals surface area contributed by atoms with Crippen molar-refractivity contribution in [2.45, 2.75) is 52.2 Å². The highest BCUT2D eigenvalue weighted by molar-refractivity contribution is 5.74. The van der Waals surface area contributed by atoms with E-state index < -0.39 is 0 Å². The van der Waals surface area contributed by atoms with Gasteiger partial charge in [-0.15, -0.1) is 0 Å². The van der Waals surface area contributed by atoms with Crippen LogP contribution in [0.3, 0.4) is 0 Å². The van der Waals surface area contributed by atoms with E-state index in [2.05, 4.69) is 40.5 Å². The molecular weight excluding hydrogens is 274 g/mol. The van der Waals surface area contributed by atoms with Crippen molar-refractivity contribution in [3.63, 3.8) is 0 Å². The average molecular weight is 301 g/mol. The van der Waals surface area contributed by atoms with Crippen molar-refractivity contribution in [2.75, 3.05) is 19.6 Å². The van der Waals surface area contributed by atoms with Gasteiger partial charge in [0, 0.05) is 38.4 Å². The number of fused-ring (bicyclic) bond motifs is 1. The van der Waals surface area contributed by atoms with E-state index in [-0.39, 0.29) is 0 Å². The lowest BCUT2D eigenvalue weighted by molar-refractivity contribution is 0.133. The Morgan fingerprint density at radius 1 is 1.41 bits per heavy atom. The number of imidazole rings is 1. The highest BCUT2D eigenvalue weighted by Gasteiger charge is 2.28. The predicted octanol–water partition coefficient (Wildman–Crippen LogP) is 2.59. The van der Waals surface area contributed by atoms with Gasteiger partial charge in [-0.05, 0) is 26.3 Å². The second kappa shape index (κ2) is 6.75. The van der Waals surface area contributed by atoms with E-state index >= 15 is 0 Å². The van der Waals surface area contributed by atoms with Gasteiger partial charge in [0.15, 0.2) is 0 Å². The Balaban J connectivity index is 2.00. The number of nitrogens with zero attached hydrogens (tertiary/aromatic N) is 4. The summed E-state index contributed by atoms with van der Waals surface area (Å²) >= 11 is 0. The van der Waals surface area contributed by atoms with E-state index in [0.717, 1.165) is 43.6 Å². The highest BCUT2D eigenvalue weighted by atomic mass is 15.3. The SMILES string of the molecule is CCC[C@H](c1nc2ccncc2n1CC)N1CCN[C@@H](C)C1. The van der Waals surface area contributed by atoms with Gasteiger partial charge in [0.05, 0.1) is 23.3 Å². The minimum Gasteiger partial charge on any atom is -0.326 e. The van der Waals surface area contributed by atoms with Crippen molar-refractivity contribution in [3.05, 3.63) is 24.3 Å². The van der Waals surface area contributed by atoms with Crippen LogP contribution in [0.15, 0.2) is 18.5 Å². The normalized spacial score (nSPS) is 21.3. The molecule has 2 atom stereocenters. The van der Waals surface area contributed by atoms with Gasteiger partial charge in [0.1, 0.15) is 5.82 Å². The molecule has 0 aromatic carbocycles. The number of piperazine rings is 1. The molecule has 0 unspecified atom stereocenters. The van der Waals surface area contributed by atoms with Crippen LogP contribution in [0.5, 0.6) is 0 Å². The molecule has 0 radical (unpaired) electrons. The molecule has 1 saturated heterocycles. The van der Waals surface area contributed by atoms with Gasteiger partial charge in [0.25, 0.3) is 0 Å². The molecular formula is C17H27N5. The largest absolute Gasteiger partial charge is 0.326 e. The van der Waals surface area contributed by atoms with Crippen LogP contribution >= 0.6 is 0 Å². The smallest absolute Gasteiger partial charge is 0.127 e. The van der Waals surface area contributed by atoms with E-state index in [1.807, 2.05) is 18.5 Å². The summed E-state index contributed by atoms with van der Waals surface area (Å²) in [6, 6.07) is 2.98. The Bertz CT molecular complexity index is 621. The zero-order valence-electron chi connectivity index (χ0n) is 13.9. The fraction of sp³-hybridized carbons (Fsp3) is 0.647. The molecule has 5 nitrogen and oxygen atoms in total. The molecule has 1 aliphatic rings. The molecule has 0 amide bonds. The molecule has 0 bridgehead atoms. The average Bonchev–Trinajstić information content (AvgIpc) is 2.90. The Hall–Kier alpha value is -1.46. The van der Waals surface area contributed by atoms with Crippen LogP contribution in [0.4, 0.5) is 0 Å². The van der Waals surface area contributed by atoms with Crippen LogP contribution in [-0.2, 0) is 6.54 Å². The first-order chi connectivity index (χ1) is 10.7. The van der Waals surface area contributed by atoms with Crippen molar-refractivity contribution in [2.24, 2.45) is 0 Å². The summed E-state index contributed by atoms with van der Waals surface area (Å²) in [4.78, 5) is 11.8. The van der Waals surface area contributed by atoms with Crippen molar-refractivity contribution in [1.82, 2.24) is 24.8 Å². The minimum atomic E-state index is 0.405. The van der Waals surface area contributed by atoms with Gasteiger partial charge in [-0.1, -0.05) is 13.3 Å². The number of hydrogen-bond acceptors (Lipinski definition) is 4. The lowest BCUT2D eigenvalue weighted by atomic mass is 10.1. The molecule has 5 heteroatoms. The first kappa shape index (κ1) is 15.4. The zero-order valence-corrected chi connectivity index (χ0v) is 13.9. The van der Waals surface area contributed by atoms with E-state index in [9.17, 15) is 0 Å². The maximum atomic E-state index is 4.96. The van der Waals surface area contributed by atoms with Crippen LogP contribution in [-0.4, -0.2) is 45.1 Å². The molecule has 1 N–H and O–H groups in total. The van der Waals surface area contributed by atoms with Crippen molar-refractivity contribution in [3.8, 4) is 0 Å². The van der Waals surface area contributed by atoms with E-state index in [4.69, 9.17) is 4.98 Å². The van der Waals surface area contributed by atoms with Crippen molar-refractivity contribution in [1.29, 1.82) is 0 Å². The second-order valence-electron chi connectivity index (χ2n) is 6.23. The molecule has 3 heterocycles. The summed E-state index contributed by atoms with van der Waals surface area (Å²) in [5.74, 6) is 1.21. The van der Waals surface area contributed by atoms with Crippen LogP contribution in [0.2, 0.25) is 0 Å². The Kier molecular flexibility index (Phi) is 4.74. The van der Waals surface area contributed by atoms with Crippen LogP contribution in [0.1, 0.15) is 45.5 Å². The number of hydrogen-bond donors (Lipinski definition) is 1. The number of aryl methyl sites for hydroxylation is 1. The quantitative estimate of drug-likeness (QED) is 0.922. The van der Waals surface area contributed by atoms with Crippen molar-refractivity contribution < 1.29 is 0 Å². The molecule has 120 valence electrons. The number of pyridine rings is 1. The lowest BCUT2D eigenvalue weighted by Gasteiger charge is -2.37. The molecule has 2 aromatic heterocycles. The van der Waals surface area contributed by atoms with E-state index in [0.29, 0.717) is 12.1 Å². The van der Waals surface area contributed by atoms with E-state index in [1.165, 1.54) is 12.2 Å². The molecule has 2 aromatic rings. The summed E-state index contributed by atoms with van der Waals surface area (Å²) in [6.45, 7) is 10.9. The summed E-state index contributed by atoms with van der Waals surface area (Å²) < 4.78 is 2.34. The molecule has 3 rings (SSSR count). The Morgan fingerprint density at radius 2 is 2.27 bits per heavy atom. The van der Waals surface area contributed by atoms with Gasteiger partial charge in [0.2, 0.25) is 0 Å². The third-order valence-corrected chi connectivity index (χ3v) is 4.60. The number of aromatic nitrogens is 3. The number of rotatable bonds is 5. The van der Waals surface area contributed by atoms with Crippen LogP contribution < -0.4 is 5.32 Å². The monoisotopic (exact) mass is 301 g/mol. The molecule has 0 saturated carbocycles.